The van der Waals surface area contributed by atoms with Crippen LogP contribution < -0.4 is 0 Å². The van der Waals surface area contributed by atoms with Crippen LogP contribution in [0, 0.1) is 0 Å². The van der Waals surface area contributed by atoms with Gasteiger partial charge in [0.25, 0.3) is 0 Å². The first-order valence-electron chi connectivity index (χ1n) is 2.09. The van der Waals surface area contributed by atoms with Crippen molar-refractivity contribution < 1.29 is 21.1 Å². The minimum absolute atomic E-state index is 0. The molecule has 3 heteroatoms. The molecule has 0 heterocycles. The summed E-state index contributed by atoms with van der Waals surface area (Å²) in [6.45, 7) is 0. The molecular formula is C5H4Cl2Pt. The normalized spacial score (nSPS) is 16.8. The molecule has 0 unspecified atom stereocenters. The van der Waals surface area contributed by atoms with Gasteiger partial charge < -0.3 is 0 Å². The second-order valence-corrected chi connectivity index (χ2v) is 2.35. The van der Waals surface area contributed by atoms with E-state index < -0.39 is 0 Å². The summed E-state index contributed by atoms with van der Waals surface area (Å²) in [5.74, 6) is 0. The van der Waals surface area contributed by atoms with Gasteiger partial charge in [0.15, 0.2) is 0 Å². The molecule has 0 nitrogen and oxygen atoms in total. The van der Waals surface area contributed by atoms with Gasteiger partial charge in [-0.3, -0.25) is 0 Å². The Morgan fingerprint density at radius 2 is 1.50 bits per heavy atom. The fourth-order valence-corrected chi connectivity index (χ4v) is 0.957. The summed E-state index contributed by atoms with van der Waals surface area (Å²) in [7, 11) is 0. The quantitative estimate of drug-likeness (QED) is 0.599. The summed E-state index contributed by atoms with van der Waals surface area (Å²) in [4.78, 5) is 0. The van der Waals surface area contributed by atoms with Crippen molar-refractivity contribution in [2.75, 3.05) is 0 Å². The van der Waals surface area contributed by atoms with Gasteiger partial charge >= 0.3 is 0 Å². The molecule has 0 radical (unpaired) electrons. The van der Waals surface area contributed by atoms with Crippen LogP contribution in [0.15, 0.2) is 15.8 Å². The van der Waals surface area contributed by atoms with Gasteiger partial charge in [-0.25, -0.2) is 0 Å². The fourth-order valence-electron chi connectivity index (χ4n) is 0.492. The molecular weight excluding hydrogens is 326 g/mol. The summed E-state index contributed by atoms with van der Waals surface area (Å²) in [5, 5.41) is 1.51. The third-order valence-corrected chi connectivity index (χ3v) is 1.40. The van der Waals surface area contributed by atoms with Crippen molar-refractivity contribution in [1.29, 1.82) is 0 Å². The van der Waals surface area contributed by atoms with Gasteiger partial charge in [0, 0.05) is 21.1 Å². The van der Waals surface area contributed by atoms with Gasteiger partial charge in [0.05, 0.1) is 10.1 Å². The molecule has 8 heavy (non-hydrogen) atoms. The van der Waals surface area contributed by atoms with Gasteiger partial charge in [0.1, 0.15) is 0 Å². The standard InChI is InChI=1S/C5H4Cl2.Pt/c6-4-1-2-5(7)3-4;/h1-2H2;. The molecule has 0 aromatic heterocycles. The average molecular weight is 330 g/mol. The summed E-state index contributed by atoms with van der Waals surface area (Å²) >= 11 is 11.0. The van der Waals surface area contributed by atoms with Crippen LogP contribution >= 0.6 is 23.2 Å². The third kappa shape index (κ3) is 2.37. The van der Waals surface area contributed by atoms with Crippen molar-refractivity contribution in [2.45, 2.75) is 12.8 Å². The van der Waals surface area contributed by atoms with Gasteiger partial charge in [-0.1, -0.05) is 28.9 Å². The summed E-state index contributed by atoms with van der Waals surface area (Å²) in [5.41, 5.74) is 2.78. The van der Waals surface area contributed by atoms with Crippen molar-refractivity contribution in [3.63, 3.8) is 0 Å². The Kier molecular flexibility index (Phi) is 4.11. The SMILES string of the molecule is ClC1=C=C(Cl)CC1.[Pt]. The molecule has 1 aliphatic carbocycles. The van der Waals surface area contributed by atoms with Crippen LogP contribution in [0.4, 0.5) is 0 Å². The molecule has 0 aliphatic heterocycles. The Morgan fingerprint density at radius 3 is 1.62 bits per heavy atom. The zero-order valence-corrected chi connectivity index (χ0v) is 7.77. The summed E-state index contributed by atoms with van der Waals surface area (Å²) in [6.07, 6.45) is 1.75. The molecule has 0 fully saturated rings. The average Bonchev–Trinajstić information content (AvgIpc) is 1.87. The molecule has 0 atom stereocenters. The number of hydrogen-bond acceptors (Lipinski definition) is 0. The molecule has 1 aliphatic rings. The molecule has 0 bridgehead atoms. The minimum Gasteiger partial charge on any atom is -0.0891 e. The van der Waals surface area contributed by atoms with Gasteiger partial charge in [-0.15, -0.1) is 0 Å². The minimum atomic E-state index is 0. The Balaban J connectivity index is 0.000000490. The van der Waals surface area contributed by atoms with Crippen molar-refractivity contribution >= 4 is 23.2 Å². The maximum absolute atomic E-state index is 5.51. The first-order chi connectivity index (χ1) is 3.29. The van der Waals surface area contributed by atoms with E-state index >= 15 is 0 Å². The molecule has 0 saturated heterocycles. The fraction of sp³-hybridized carbons (Fsp3) is 0.400. The van der Waals surface area contributed by atoms with E-state index in [0.29, 0.717) is 0 Å². The molecule has 0 amide bonds. The molecule has 0 aromatic rings. The number of allylic oxidation sites excluding steroid dienone is 1. The summed E-state index contributed by atoms with van der Waals surface area (Å²) < 4.78 is 0. The van der Waals surface area contributed by atoms with Crippen LogP contribution in [0.1, 0.15) is 12.8 Å². The second kappa shape index (κ2) is 3.75. The van der Waals surface area contributed by atoms with Crippen molar-refractivity contribution in [3.8, 4) is 0 Å². The zero-order valence-electron chi connectivity index (χ0n) is 3.99. The summed E-state index contributed by atoms with van der Waals surface area (Å²) in [6, 6.07) is 0. The van der Waals surface area contributed by atoms with E-state index in [1.807, 2.05) is 0 Å². The molecule has 0 spiro atoms. The number of rotatable bonds is 0. The van der Waals surface area contributed by atoms with E-state index in [9.17, 15) is 0 Å². The first kappa shape index (κ1) is 8.79. The Morgan fingerprint density at radius 1 is 1.12 bits per heavy atom. The van der Waals surface area contributed by atoms with Crippen molar-refractivity contribution in [2.24, 2.45) is 0 Å². The molecule has 1 rings (SSSR count). The van der Waals surface area contributed by atoms with Gasteiger partial charge in [-0.05, 0) is 12.8 Å². The van der Waals surface area contributed by atoms with Gasteiger partial charge in [-0.2, -0.15) is 0 Å². The topological polar surface area (TPSA) is 0 Å². The van der Waals surface area contributed by atoms with Crippen LogP contribution in [0.5, 0.6) is 0 Å². The first-order valence-corrected chi connectivity index (χ1v) is 2.84. The van der Waals surface area contributed by atoms with E-state index in [0.717, 1.165) is 22.9 Å². The predicted octanol–water partition coefficient (Wildman–Crippen LogP) is 2.62. The molecule has 0 saturated carbocycles. The number of hydrogen-bond donors (Lipinski definition) is 0. The Labute approximate surface area is 72.8 Å². The zero-order chi connectivity index (χ0) is 5.28. The Hall–Kier alpha value is 0.788. The second-order valence-electron chi connectivity index (χ2n) is 1.43. The maximum atomic E-state index is 5.51. The molecule has 0 aromatic carbocycles. The largest absolute Gasteiger partial charge is 0.0891 e. The molecule has 0 N–H and O–H groups in total. The van der Waals surface area contributed by atoms with Gasteiger partial charge in [0.2, 0.25) is 0 Å². The van der Waals surface area contributed by atoms with E-state index in [4.69, 9.17) is 23.2 Å². The van der Waals surface area contributed by atoms with Crippen LogP contribution in [-0.4, -0.2) is 0 Å². The van der Waals surface area contributed by atoms with Crippen LogP contribution in [0.25, 0.3) is 0 Å². The van der Waals surface area contributed by atoms with Crippen molar-refractivity contribution in [3.05, 3.63) is 15.8 Å². The van der Waals surface area contributed by atoms with Crippen LogP contribution in [0.3, 0.4) is 0 Å². The Bertz CT molecular complexity index is 131. The predicted molar refractivity (Wildman–Crippen MR) is 31.5 cm³/mol. The van der Waals surface area contributed by atoms with E-state index in [2.05, 4.69) is 5.73 Å². The smallest absolute Gasteiger partial charge is 0.0613 e. The monoisotopic (exact) mass is 329 g/mol. The van der Waals surface area contributed by atoms with E-state index in [-0.39, 0.29) is 21.1 Å². The maximum Gasteiger partial charge on any atom is 0.0613 e. The third-order valence-electron chi connectivity index (χ3n) is 0.835. The van der Waals surface area contributed by atoms with Crippen LogP contribution in [0.2, 0.25) is 0 Å². The van der Waals surface area contributed by atoms with Crippen molar-refractivity contribution in [1.82, 2.24) is 0 Å². The molecule has 48 valence electrons. The van der Waals surface area contributed by atoms with E-state index in [1.165, 1.54) is 0 Å². The van der Waals surface area contributed by atoms with Crippen LogP contribution in [-0.2, 0) is 21.1 Å². The van der Waals surface area contributed by atoms with E-state index in [1.54, 1.807) is 0 Å². The number of halogens is 2.